The van der Waals surface area contributed by atoms with Crippen LogP contribution in [0.2, 0.25) is 0 Å². The number of rotatable bonds is 3. The molecule has 108 valence electrons. The van der Waals surface area contributed by atoms with Crippen molar-refractivity contribution in [1.82, 2.24) is 20.6 Å². The summed E-state index contributed by atoms with van der Waals surface area (Å²) in [7, 11) is 0. The quantitative estimate of drug-likeness (QED) is 0.391. The topological polar surface area (TPSA) is 90.3 Å². The van der Waals surface area contributed by atoms with Crippen molar-refractivity contribution in [3.8, 4) is 6.07 Å². The molecule has 0 unspecified atom stereocenters. The van der Waals surface area contributed by atoms with E-state index in [1.807, 2.05) is 10.5 Å². The van der Waals surface area contributed by atoms with Gasteiger partial charge in [-0.05, 0) is 5.21 Å². The average molecular weight is 302 g/mol. The van der Waals surface area contributed by atoms with Crippen molar-refractivity contribution in [3.63, 3.8) is 0 Å². The summed E-state index contributed by atoms with van der Waals surface area (Å²) < 4.78 is 65.5. The Morgan fingerprint density at radius 2 is 1.62 bits per heavy atom. The van der Waals surface area contributed by atoms with Crippen LogP contribution in [0.1, 0.15) is 5.82 Å². The summed E-state index contributed by atoms with van der Waals surface area (Å²) in [5.41, 5.74) is -1.64. The lowest BCUT2D eigenvalue weighted by Crippen LogP contribution is -2.06. The molecular weight excluding hydrogens is 299 g/mol. The van der Waals surface area contributed by atoms with Crippen LogP contribution in [0.5, 0.6) is 0 Å². The normalized spacial score (nSPS) is 11.3. The van der Waals surface area contributed by atoms with Crippen LogP contribution in [0.4, 0.5) is 27.6 Å². The van der Waals surface area contributed by atoms with E-state index in [0.717, 1.165) is 0 Å². The number of nitrogens with one attached hydrogen (secondary N) is 2. The van der Waals surface area contributed by atoms with Gasteiger partial charge in [-0.25, -0.2) is 22.0 Å². The fraction of sp³-hybridized carbons (Fsp3) is 0. The zero-order chi connectivity index (χ0) is 15.6. The van der Waals surface area contributed by atoms with Gasteiger partial charge < -0.3 is 5.32 Å². The van der Waals surface area contributed by atoms with Crippen LogP contribution in [0.15, 0.2) is 6.20 Å². The van der Waals surface area contributed by atoms with E-state index in [0.29, 0.717) is 6.20 Å². The summed E-state index contributed by atoms with van der Waals surface area (Å²) in [4.78, 5) is 0. The number of benzene rings is 1. The van der Waals surface area contributed by atoms with E-state index in [1.165, 1.54) is 0 Å². The number of hydrogen-bond acceptors (Lipinski definition) is 5. The average Bonchev–Trinajstić information content (AvgIpc) is 3.01. The minimum atomic E-state index is -2.28. The Bertz CT molecular complexity index is 719. The van der Waals surface area contributed by atoms with E-state index in [4.69, 9.17) is 5.26 Å². The maximum atomic E-state index is 13.4. The summed E-state index contributed by atoms with van der Waals surface area (Å²) in [5.74, 6) is -10.8. The zero-order valence-electron chi connectivity index (χ0n) is 9.76. The molecule has 0 aliphatic carbocycles. The van der Waals surface area contributed by atoms with Gasteiger partial charge in [0.05, 0.1) is 0 Å². The Kier molecular flexibility index (Phi) is 3.79. The highest BCUT2D eigenvalue weighted by Gasteiger charge is 2.25. The first-order chi connectivity index (χ1) is 9.97. The van der Waals surface area contributed by atoms with E-state index in [9.17, 15) is 22.0 Å². The van der Waals surface area contributed by atoms with Crippen LogP contribution in [-0.4, -0.2) is 20.6 Å². The lowest BCUT2D eigenvalue weighted by Gasteiger charge is -2.07. The lowest BCUT2D eigenvalue weighted by molar-refractivity contribution is 0.382. The highest BCUT2D eigenvalue weighted by Crippen LogP contribution is 2.27. The molecule has 0 aliphatic heterocycles. The molecule has 0 amide bonds. The number of aromatic nitrogens is 4. The highest BCUT2D eigenvalue weighted by atomic mass is 19.2. The van der Waals surface area contributed by atoms with Crippen LogP contribution in [0.3, 0.4) is 0 Å². The molecule has 2 N–H and O–H groups in total. The molecule has 21 heavy (non-hydrogen) atoms. The fourth-order valence-electron chi connectivity index (χ4n) is 1.30. The number of halogens is 5. The number of tetrazole rings is 1. The smallest absolute Gasteiger partial charge is 0.216 e. The third-order valence-electron chi connectivity index (χ3n) is 2.28. The molecule has 0 spiro atoms. The van der Waals surface area contributed by atoms with Crippen LogP contribution < -0.4 is 5.32 Å². The van der Waals surface area contributed by atoms with Crippen molar-refractivity contribution in [1.29, 1.82) is 5.26 Å². The number of nitrogens with zero attached hydrogens (tertiary/aromatic N) is 4. The van der Waals surface area contributed by atoms with Crippen molar-refractivity contribution in [2.45, 2.75) is 0 Å². The predicted molar refractivity (Wildman–Crippen MR) is 57.6 cm³/mol. The number of anilines is 1. The molecule has 11 heteroatoms. The number of nitriles is 1. The van der Waals surface area contributed by atoms with Crippen molar-refractivity contribution >= 4 is 11.3 Å². The van der Waals surface area contributed by atoms with Gasteiger partial charge in [0, 0.05) is 6.20 Å². The monoisotopic (exact) mass is 302 g/mol. The standard InChI is InChI=1S/C10H3F5N6/c11-4-5(12)7(14)9(8(15)6(4)13)17-2-3(1-16)10-18-20-21-19-10/h2,17H,(H,18,19,20,21). The summed E-state index contributed by atoms with van der Waals surface area (Å²) >= 11 is 0. The third kappa shape index (κ3) is 2.50. The van der Waals surface area contributed by atoms with E-state index in [1.54, 1.807) is 6.07 Å². The molecule has 0 saturated heterocycles. The SMILES string of the molecule is N#CC(=CNc1c(F)c(F)c(F)c(F)c1F)c1nn[nH]n1. The van der Waals surface area contributed by atoms with E-state index in [-0.39, 0.29) is 11.4 Å². The van der Waals surface area contributed by atoms with Crippen molar-refractivity contribution in [2.75, 3.05) is 5.32 Å². The molecule has 0 fully saturated rings. The van der Waals surface area contributed by atoms with Crippen molar-refractivity contribution in [2.24, 2.45) is 0 Å². The van der Waals surface area contributed by atoms with E-state index < -0.39 is 34.8 Å². The maximum absolute atomic E-state index is 13.4. The van der Waals surface area contributed by atoms with Crippen LogP contribution >= 0.6 is 0 Å². The summed E-state index contributed by atoms with van der Waals surface area (Å²) in [5, 5.41) is 22.6. The van der Waals surface area contributed by atoms with Gasteiger partial charge >= 0.3 is 0 Å². The second kappa shape index (κ2) is 5.53. The number of aromatic amines is 1. The molecule has 0 atom stereocenters. The third-order valence-corrected chi connectivity index (χ3v) is 2.28. The van der Waals surface area contributed by atoms with Gasteiger partial charge in [0.15, 0.2) is 23.3 Å². The second-order valence-corrected chi connectivity index (χ2v) is 3.49. The largest absolute Gasteiger partial charge is 0.355 e. The molecule has 2 rings (SSSR count). The van der Waals surface area contributed by atoms with Gasteiger partial charge in [-0.2, -0.15) is 10.5 Å². The van der Waals surface area contributed by atoms with Crippen molar-refractivity contribution in [3.05, 3.63) is 41.1 Å². The van der Waals surface area contributed by atoms with Crippen molar-refractivity contribution < 1.29 is 22.0 Å². The molecule has 1 aromatic heterocycles. The molecule has 1 heterocycles. The fourth-order valence-corrected chi connectivity index (χ4v) is 1.30. The lowest BCUT2D eigenvalue weighted by atomic mass is 10.2. The maximum Gasteiger partial charge on any atom is 0.216 e. The molecule has 2 aromatic rings. The van der Waals surface area contributed by atoms with Gasteiger partial charge in [-0.3, -0.25) is 0 Å². The number of hydrogen-bond donors (Lipinski definition) is 2. The number of H-pyrrole nitrogens is 1. The van der Waals surface area contributed by atoms with Gasteiger partial charge in [-0.1, -0.05) is 0 Å². The Balaban J connectivity index is 2.44. The van der Waals surface area contributed by atoms with E-state index in [2.05, 4.69) is 15.4 Å². The molecule has 1 aromatic carbocycles. The zero-order valence-corrected chi connectivity index (χ0v) is 9.76. The van der Waals surface area contributed by atoms with Gasteiger partial charge in [0.25, 0.3) is 0 Å². The second-order valence-electron chi connectivity index (χ2n) is 3.49. The Hall–Kier alpha value is -3.03. The highest BCUT2D eigenvalue weighted by molar-refractivity contribution is 5.74. The Morgan fingerprint density at radius 1 is 1.05 bits per heavy atom. The van der Waals surface area contributed by atoms with Crippen LogP contribution in [0.25, 0.3) is 5.57 Å². The first-order valence-electron chi connectivity index (χ1n) is 5.09. The summed E-state index contributed by atoms with van der Waals surface area (Å²) in [6.07, 6.45) is 0.684. The molecule has 6 nitrogen and oxygen atoms in total. The number of allylic oxidation sites excluding steroid dienone is 1. The van der Waals surface area contributed by atoms with Crippen LogP contribution in [0, 0.1) is 40.4 Å². The molecule has 0 aliphatic rings. The molecular formula is C10H3F5N6. The first-order valence-corrected chi connectivity index (χ1v) is 5.09. The van der Waals surface area contributed by atoms with Gasteiger partial charge in [0.2, 0.25) is 11.6 Å². The minimum Gasteiger partial charge on any atom is -0.355 e. The van der Waals surface area contributed by atoms with E-state index >= 15 is 0 Å². The first kappa shape index (κ1) is 14.4. The van der Waals surface area contributed by atoms with Crippen LogP contribution in [-0.2, 0) is 0 Å². The minimum absolute atomic E-state index is 0.228. The Labute approximate surface area is 112 Å². The Morgan fingerprint density at radius 3 is 2.10 bits per heavy atom. The summed E-state index contributed by atoms with van der Waals surface area (Å²) in [6, 6.07) is 1.56. The molecule has 0 radical (unpaired) electrons. The predicted octanol–water partition coefficient (Wildman–Crippen LogP) is 1.87. The molecule has 0 bridgehead atoms. The molecule has 0 saturated carbocycles. The van der Waals surface area contributed by atoms with Gasteiger partial charge in [0.1, 0.15) is 17.3 Å². The van der Waals surface area contributed by atoms with Gasteiger partial charge in [-0.15, -0.1) is 10.2 Å². The summed E-state index contributed by atoms with van der Waals surface area (Å²) in [6.45, 7) is 0.